The minimum Gasteiger partial charge on any atom is -0.385 e. The van der Waals surface area contributed by atoms with E-state index in [4.69, 9.17) is 4.74 Å². The van der Waals surface area contributed by atoms with Crippen molar-refractivity contribution in [2.45, 2.75) is 37.5 Å². The number of hydrogen-bond acceptors (Lipinski definition) is 2. The Labute approximate surface area is 119 Å². The molecule has 2 rings (SSSR count). The van der Waals surface area contributed by atoms with E-state index in [-0.39, 0.29) is 11.7 Å². The van der Waals surface area contributed by atoms with E-state index in [0.717, 1.165) is 37.7 Å². The van der Waals surface area contributed by atoms with Crippen molar-refractivity contribution in [3.8, 4) is 0 Å². The second-order valence-corrected chi connectivity index (χ2v) is 5.40. The number of carbonyl (C=O) groups excluding carboxylic acids is 1. The molecule has 1 N–H and O–H groups in total. The maximum Gasteiger partial charge on any atom is 0.230 e. The molecule has 0 unspecified atom stereocenters. The molecule has 20 heavy (non-hydrogen) atoms. The highest BCUT2D eigenvalue weighted by atomic mass is 19.1. The molecule has 1 aromatic rings. The normalized spacial score (nSPS) is 17.1. The van der Waals surface area contributed by atoms with Crippen molar-refractivity contribution in [3.05, 3.63) is 35.6 Å². The van der Waals surface area contributed by atoms with Crippen molar-refractivity contribution >= 4 is 5.91 Å². The third kappa shape index (κ3) is 3.18. The Balaban J connectivity index is 2.09. The van der Waals surface area contributed by atoms with Gasteiger partial charge in [-0.2, -0.15) is 0 Å². The van der Waals surface area contributed by atoms with E-state index in [1.165, 1.54) is 12.1 Å². The van der Waals surface area contributed by atoms with Crippen LogP contribution in [-0.4, -0.2) is 26.2 Å². The Morgan fingerprint density at radius 2 is 1.95 bits per heavy atom. The number of ether oxygens (including phenoxy) is 1. The van der Waals surface area contributed by atoms with Gasteiger partial charge in [0.1, 0.15) is 5.82 Å². The summed E-state index contributed by atoms with van der Waals surface area (Å²) in [6.07, 6.45) is 4.58. The lowest BCUT2D eigenvalue weighted by Gasteiger charge is -2.28. The first-order chi connectivity index (χ1) is 9.69. The van der Waals surface area contributed by atoms with E-state index in [0.29, 0.717) is 13.2 Å². The summed E-state index contributed by atoms with van der Waals surface area (Å²) in [5, 5.41) is 3.00. The van der Waals surface area contributed by atoms with Crippen LogP contribution in [0.1, 0.15) is 37.7 Å². The highest BCUT2D eigenvalue weighted by molar-refractivity contribution is 5.88. The maximum atomic E-state index is 13.1. The minimum atomic E-state index is -0.471. The lowest BCUT2D eigenvalue weighted by molar-refractivity contribution is -0.126. The molecule has 1 aliphatic carbocycles. The first kappa shape index (κ1) is 15.0. The van der Waals surface area contributed by atoms with Crippen LogP contribution < -0.4 is 5.32 Å². The SMILES string of the molecule is COCCCNC(=O)C1(c2ccc(F)cc2)CCCC1. The minimum absolute atomic E-state index is 0.0673. The maximum absolute atomic E-state index is 13.1. The molecule has 1 fully saturated rings. The number of nitrogens with one attached hydrogen (secondary N) is 1. The van der Waals surface area contributed by atoms with E-state index in [1.54, 1.807) is 19.2 Å². The van der Waals surface area contributed by atoms with Gasteiger partial charge < -0.3 is 10.1 Å². The first-order valence-electron chi connectivity index (χ1n) is 7.22. The number of halogens is 1. The van der Waals surface area contributed by atoms with Crippen LogP contribution >= 0.6 is 0 Å². The Morgan fingerprint density at radius 3 is 2.55 bits per heavy atom. The monoisotopic (exact) mass is 279 g/mol. The van der Waals surface area contributed by atoms with E-state index >= 15 is 0 Å². The quantitative estimate of drug-likeness (QED) is 0.813. The molecule has 1 saturated carbocycles. The second kappa shape index (κ2) is 6.84. The van der Waals surface area contributed by atoms with Crippen molar-refractivity contribution < 1.29 is 13.9 Å². The summed E-state index contributed by atoms with van der Waals surface area (Å²) in [4.78, 5) is 12.6. The summed E-state index contributed by atoms with van der Waals surface area (Å²) < 4.78 is 18.1. The van der Waals surface area contributed by atoms with Gasteiger partial charge >= 0.3 is 0 Å². The van der Waals surface area contributed by atoms with Crippen molar-refractivity contribution in [2.24, 2.45) is 0 Å². The topological polar surface area (TPSA) is 38.3 Å². The van der Waals surface area contributed by atoms with Crippen LogP contribution in [-0.2, 0) is 14.9 Å². The summed E-state index contributed by atoms with van der Waals surface area (Å²) in [5.41, 5.74) is 0.460. The summed E-state index contributed by atoms with van der Waals surface area (Å²) in [5.74, 6) is -0.194. The van der Waals surface area contributed by atoms with Crippen LogP contribution in [0.4, 0.5) is 4.39 Å². The van der Waals surface area contributed by atoms with Crippen LogP contribution in [0.15, 0.2) is 24.3 Å². The standard InChI is InChI=1S/C16H22FNO2/c1-20-12-4-11-18-15(19)16(9-2-3-10-16)13-5-7-14(17)8-6-13/h5-8H,2-4,9-12H2,1H3,(H,18,19). The molecular weight excluding hydrogens is 257 g/mol. The molecule has 1 amide bonds. The Kier molecular flexibility index (Phi) is 5.12. The molecule has 1 aromatic carbocycles. The molecular formula is C16H22FNO2. The lowest BCUT2D eigenvalue weighted by Crippen LogP contribution is -2.43. The van der Waals surface area contributed by atoms with E-state index in [2.05, 4.69) is 5.32 Å². The number of amides is 1. The van der Waals surface area contributed by atoms with Gasteiger partial charge in [0.25, 0.3) is 0 Å². The molecule has 3 nitrogen and oxygen atoms in total. The van der Waals surface area contributed by atoms with E-state index < -0.39 is 5.41 Å². The van der Waals surface area contributed by atoms with Crippen molar-refractivity contribution in [3.63, 3.8) is 0 Å². The van der Waals surface area contributed by atoms with Crippen LogP contribution in [0.25, 0.3) is 0 Å². The second-order valence-electron chi connectivity index (χ2n) is 5.40. The molecule has 0 heterocycles. The van der Waals surface area contributed by atoms with Gasteiger partial charge in [-0.05, 0) is 37.0 Å². The van der Waals surface area contributed by atoms with Crippen LogP contribution in [0.2, 0.25) is 0 Å². The number of benzene rings is 1. The summed E-state index contributed by atoms with van der Waals surface area (Å²) in [6.45, 7) is 1.26. The zero-order valence-electron chi connectivity index (χ0n) is 12.0. The fourth-order valence-corrected chi connectivity index (χ4v) is 2.98. The van der Waals surface area contributed by atoms with Gasteiger partial charge in [-0.25, -0.2) is 4.39 Å². The molecule has 0 saturated heterocycles. The third-order valence-electron chi connectivity index (χ3n) is 4.10. The summed E-state index contributed by atoms with van der Waals surface area (Å²) in [6, 6.07) is 6.37. The predicted octanol–water partition coefficient (Wildman–Crippen LogP) is 2.79. The predicted molar refractivity (Wildman–Crippen MR) is 76.0 cm³/mol. The fraction of sp³-hybridized carbons (Fsp3) is 0.562. The van der Waals surface area contributed by atoms with Gasteiger partial charge in [0.05, 0.1) is 5.41 Å². The van der Waals surface area contributed by atoms with Crippen molar-refractivity contribution in [2.75, 3.05) is 20.3 Å². The number of methoxy groups -OCH3 is 1. The summed E-state index contributed by atoms with van der Waals surface area (Å²) >= 11 is 0. The molecule has 0 aliphatic heterocycles. The smallest absolute Gasteiger partial charge is 0.230 e. The van der Waals surface area contributed by atoms with Gasteiger partial charge in [-0.3, -0.25) is 4.79 Å². The van der Waals surface area contributed by atoms with Crippen molar-refractivity contribution in [1.29, 1.82) is 0 Å². The molecule has 0 aromatic heterocycles. The number of carbonyl (C=O) groups is 1. The number of hydrogen-bond donors (Lipinski definition) is 1. The first-order valence-corrected chi connectivity index (χ1v) is 7.22. The molecule has 0 radical (unpaired) electrons. The van der Waals surface area contributed by atoms with Crippen molar-refractivity contribution in [1.82, 2.24) is 5.32 Å². The van der Waals surface area contributed by atoms with Gasteiger partial charge in [-0.1, -0.05) is 25.0 Å². The molecule has 0 bridgehead atoms. The van der Waals surface area contributed by atoms with Crippen LogP contribution in [0.5, 0.6) is 0 Å². The Hall–Kier alpha value is -1.42. The Bertz CT molecular complexity index is 438. The zero-order valence-corrected chi connectivity index (χ0v) is 12.0. The summed E-state index contributed by atoms with van der Waals surface area (Å²) in [7, 11) is 1.65. The van der Waals surface area contributed by atoms with Crippen LogP contribution in [0, 0.1) is 5.82 Å². The molecule has 0 spiro atoms. The molecule has 4 heteroatoms. The molecule has 0 atom stereocenters. The number of rotatable bonds is 6. The third-order valence-corrected chi connectivity index (χ3v) is 4.10. The fourth-order valence-electron chi connectivity index (χ4n) is 2.98. The van der Waals surface area contributed by atoms with Gasteiger partial charge in [0, 0.05) is 20.3 Å². The average Bonchev–Trinajstić information content (AvgIpc) is 2.95. The average molecular weight is 279 g/mol. The zero-order chi connectivity index (χ0) is 14.4. The lowest BCUT2D eigenvalue weighted by atomic mass is 9.78. The van der Waals surface area contributed by atoms with Gasteiger partial charge in [0.15, 0.2) is 0 Å². The van der Waals surface area contributed by atoms with E-state index in [9.17, 15) is 9.18 Å². The molecule has 1 aliphatic rings. The molecule has 110 valence electrons. The Morgan fingerprint density at radius 1 is 1.30 bits per heavy atom. The van der Waals surface area contributed by atoms with E-state index in [1.807, 2.05) is 0 Å². The van der Waals surface area contributed by atoms with Gasteiger partial charge in [-0.15, -0.1) is 0 Å². The highest BCUT2D eigenvalue weighted by Gasteiger charge is 2.42. The largest absolute Gasteiger partial charge is 0.385 e. The van der Waals surface area contributed by atoms with Gasteiger partial charge in [0.2, 0.25) is 5.91 Å². The highest BCUT2D eigenvalue weighted by Crippen LogP contribution is 2.41. The van der Waals surface area contributed by atoms with Crippen LogP contribution in [0.3, 0.4) is 0 Å².